The Morgan fingerprint density at radius 3 is 2.70 bits per heavy atom. The topological polar surface area (TPSA) is 26.3 Å². The zero-order chi connectivity index (χ0) is 16.7. The number of hydrogen-bond acceptors (Lipinski definition) is 2. The van der Waals surface area contributed by atoms with E-state index in [1.54, 1.807) is 6.08 Å². The summed E-state index contributed by atoms with van der Waals surface area (Å²) in [6, 6.07) is 10.1. The third-order valence-corrected chi connectivity index (χ3v) is 3.70. The fraction of sp³-hybridized carbons (Fsp3) is 0.381. The first kappa shape index (κ1) is 17.2. The highest BCUT2D eigenvalue weighted by atomic mass is 16.5. The Balaban J connectivity index is 1.84. The van der Waals surface area contributed by atoms with Gasteiger partial charge >= 0.3 is 0 Å². The lowest BCUT2D eigenvalue weighted by molar-refractivity contribution is -0.116. The molecule has 0 bridgehead atoms. The van der Waals surface area contributed by atoms with Crippen molar-refractivity contribution in [2.24, 2.45) is 5.41 Å². The molecule has 0 spiro atoms. The molecule has 0 atom stereocenters. The highest BCUT2D eigenvalue weighted by Crippen LogP contribution is 2.33. The molecule has 1 aliphatic rings. The van der Waals surface area contributed by atoms with Crippen molar-refractivity contribution in [1.29, 1.82) is 0 Å². The van der Waals surface area contributed by atoms with Crippen LogP contribution in [0.1, 0.15) is 39.2 Å². The lowest BCUT2D eigenvalue weighted by Gasteiger charge is -2.26. The number of hydrogen-bond donors (Lipinski definition) is 0. The number of rotatable bonds is 4. The van der Waals surface area contributed by atoms with E-state index in [1.807, 2.05) is 43.3 Å². The third kappa shape index (κ3) is 6.26. The number of benzene rings is 1. The molecule has 0 aliphatic heterocycles. The summed E-state index contributed by atoms with van der Waals surface area (Å²) in [5, 5.41) is 0. The minimum absolute atomic E-state index is 0.0201. The molecule has 0 radical (unpaired) electrons. The normalized spacial score (nSPS) is 17.3. The van der Waals surface area contributed by atoms with E-state index in [1.165, 1.54) is 0 Å². The molecule has 1 aromatic rings. The molecule has 0 N–H and O–H groups in total. The second-order valence-corrected chi connectivity index (χ2v) is 6.79. The lowest BCUT2D eigenvalue weighted by atomic mass is 9.77. The molecule has 0 unspecified atom stereocenters. The van der Waals surface area contributed by atoms with Gasteiger partial charge in [-0.2, -0.15) is 0 Å². The van der Waals surface area contributed by atoms with Crippen molar-refractivity contribution in [3.63, 3.8) is 0 Å². The Morgan fingerprint density at radius 2 is 2.00 bits per heavy atom. The van der Waals surface area contributed by atoms with E-state index in [9.17, 15) is 4.79 Å². The van der Waals surface area contributed by atoms with Gasteiger partial charge in [-0.05, 0) is 42.0 Å². The van der Waals surface area contributed by atoms with Gasteiger partial charge in [0.1, 0.15) is 0 Å². The van der Waals surface area contributed by atoms with Crippen molar-refractivity contribution < 1.29 is 9.53 Å². The van der Waals surface area contributed by atoms with Crippen LogP contribution in [0.15, 0.2) is 53.6 Å². The molecule has 23 heavy (non-hydrogen) atoms. The van der Waals surface area contributed by atoms with Crippen LogP contribution in [-0.4, -0.2) is 12.4 Å². The number of ether oxygens (including phenoxy) is 1. The fourth-order valence-electron chi connectivity index (χ4n) is 2.59. The average molecular weight is 308 g/mol. The predicted octanol–water partition coefficient (Wildman–Crippen LogP) is 4.47. The highest BCUT2D eigenvalue weighted by molar-refractivity contribution is 5.92. The molecule has 2 rings (SSSR count). The van der Waals surface area contributed by atoms with Crippen LogP contribution >= 0.6 is 0 Å². The molecule has 2 heteroatoms. The van der Waals surface area contributed by atoms with Crippen LogP contribution in [-0.2, 0) is 16.1 Å². The maximum atomic E-state index is 11.7. The zero-order valence-electron chi connectivity index (χ0n) is 14.2. The Labute approximate surface area is 139 Å². The van der Waals surface area contributed by atoms with Gasteiger partial charge in [0.15, 0.2) is 5.78 Å². The zero-order valence-corrected chi connectivity index (χ0v) is 14.2. The van der Waals surface area contributed by atoms with Crippen LogP contribution in [0.2, 0.25) is 0 Å². The molecule has 0 saturated carbocycles. The van der Waals surface area contributed by atoms with Gasteiger partial charge in [-0.1, -0.05) is 56.0 Å². The molecule has 0 heterocycles. The second kappa shape index (κ2) is 7.94. The molecule has 1 aliphatic carbocycles. The first-order chi connectivity index (χ1) is 10.9. The number of allylic oxidation sites excluding steroid dienone is 3. The van der Waals surface area contributed by atoms with Crippen LogP contribution in [0.4, 0.5) is 0 Å². The predicted molar refractivity (Wildman–Crippen MR) is 93.7 cm³/mol. The van der Waals surface area contributed by atoms with Crippen molar-refractivity contribution >= 4 is 5.78 Å². The van der Waals surface area contributed by atoms with Crippen molar-refractivity contribution in [3.05, 3.63) is 59.2 Å². The van der Waals surface area contributed by atoms with Gasteiger partial charge in [0.2, 0.25) is 0 Å². The highest BCUT2D eigenvalue weighted by Gasteiger charge is 2.26. The number of carbonyl (C=O) groups is 1. The molecule has 2 nitrogen and oxygen atoms in total. The van der Waals surface area contributed by atoms with Gasteiger partial charge in [-0.3, -0.25) is 4.79 Å². The van der Waals surface area contributed by atoms with Crippen molar-refractivity contribution in [2.45, 2.75) is 40.2 Å². The maximum absolute atomic E-state index is 11.7. The van der Waals surface area contributed by atoms with Crippen LogP contribution in [0.5, 0.6) is 0 Å². The van der Waals surface area contributed by atoms with E-state index >= 15 is 0 Å². The Morgan fingerprint density at radius 1 is 1.26 bits per heavy atom. The Kier molecular flexibility index (Phi) is 5.96. The van der Waals surface area contributed by atoms with E-state index in [2.05, 4.69) is 25.7 Å². The monoisotopic (exact) mass is 308 g/mol. The van der Waals surface area contributed by atoms with Crippen LogP contribution < -0.4 is 0 Å². The summed E-state index contributed by atoms with van der Waals surface area (Å²) in [6.07, 6.45) is 5.15. The van der Waals surface area contributed by atoms with E-state index < -0.39 is 0 Å². The van der Waals surface area contributed by atoms with Gasteiger partial charge in [0, 0.05) is 12.0 Å². The minimum atomic E-state index is 0.0201. The molecule has 0 saturated heterocycles. The summed E-state index contributed by atoms with van der Waals surface area (Å²) in [7, 11) is 0. The first-order valence-electron chi connectivity index (χ1n) is 7.98. The molecule has 1 aromatic carbocycles. The van der Waals surface area contributed by atoms with E-state index in [0.717, 1.165) is 23.1 Å². The van der Waals surface area contributed by atoms with Crippen molar-refractivity contribution in [1.82, 2.24) is 0 Å². The molecule has 120 valence electrons. The summed E-state index contributed by atoms with van der Waals surface area (Å²) < 4.78 is 5.62. The van der Waals surface area contributed by atoms with E-state index in [4.69, 9.17) is 4.74 Å². The van der Waals surface area contributed by atoms with Gasteiger partial charge in [-0.25, -0.2) is 0 Å². The summed E-state index contributed by atoms with van der Waals surface area (Å²) in [5.74, 6) is 6.43. The van der Waals surface area contributed by atoms with Gasteiger partial charge in [0.05, 0.1) is 13.2 Å². The molecule has 0 amide bonds. The average Bonchev–Trinajstić information content (AvgIpc) is 2.49. The van der Waals surface area contributed by atoms with Crippen LogP contribution in [0.25, 0.3) is 0 Å². The first-order valence-corrected chi connectivity index (χ1v) is 7.98. The maximum Gasteiger partial charge on any atom is 0.157 e. The largest absolute Gasteiger partial charge is 0.373 e. The summed E-state index contributed by atoms with van der Waals surface area (Å²) in [5.41, 5.74) is 3.09. The smallest absolute Gasteiger partial charge is 0.157 e. The van der Waals surface area contributed by atoms with Crippen molar-refractivity contribution in [3.8, 4) is 11.8 Å². The second-order valence-electron chi connectivity index (χ2n) is 6.79. The third-order valence-electron chi connectivity index (χ3n) is 3.70. The quantitative estimate of drug-likeness (QED) is 0.606. The summed E-state index contributed by atoms with van der Waals surface area (Å²) >= 11 is 0. The molecular formula is C21H24O2. The van der Waals surface area contributed by atoms with Gasteiger partial charge < -0.3 is 4.74 Å². The molecule has 0 aromatic heterocycles. The Bertz CT molecular complexity index is 667. The van der Waals surface area contributed by atoms with Crippen molar-refractivity contribution in [2.75, 3.05) is 6.61 Å². The van der Waals surface area contributed by atoms with E-state index in [0.29, 0.717) is 19.6 Å². The standard InChI is InChI=1S/C21H24O2/c1-17(11-12-23-16-18-7-5-4-6-8-18)9-10-19-13-20(22)15-21(2,3)14-19/h4-8,11,13H,12,14-16H2,1-3H3/b17-11-. The van der Waals surface area contributed by atoms with Gasteiger partial charge in [0.25, 0.3) is 0 Å². The molecule has 0 fully saturated rings. The number of ketones is 1. The summed E-state index contributed by atoms with van der Waals surface area (Å²) in [6.45, 7) is 7.33. The van der Waals surface area contributed by atoms with Crippen LogP contribution in [0.3, 0.4) is 0 Å². The van der Waals surface area contributed by atoms with Gasteiger partial charge in [-0.15, -0.1) is 0 Å². The van der Waals surface area contributed by atoms with Crippen LogP contribution in [0, 0.1) is 17.3 Å². The fourth-order valence-corrected chi connectivity index (χ4v) is 2.59. The lowest BCUT2D eigenvalue weighted by Crippen LogP contribution is -2.21. The SMILES string of the molecule is C/C(C#CC1=CC(=O)CC(C)(C)C1)=C/COCc1ccccc1. The molecular weight excluding hydrogens is 284 g/mol. The summed E-state index contributed by atoms with van der Waals surface area (Å²) in [4.78, 5) is 11.7. The minimum Gasteiger partial charge on any atom is -0.373 e. The Hall–Kier alpha value is -2.11. The number of carbonyl (C=O) groups excluding carboxylic acids is 1. The van der Waals surface area contributed by atoms with E-state index in [-0.39, 0.29) is 11.2 Å².